The molecule has 6 heteroatoms. The number of carbonyl (C=O) groups is 2. The maximum Gasteiger partial charge on any atom is 0.238 e. The topological polar surface area (TPSA) is 64.7 Å². The molecule has 6 nitrogen and oxygen atoms in total. The number of piperazine rings is 1. The van der Waals surface area contributed by atoms with Gasteiger partial charge in [0.2, 0.25) is 11.8 Å². The third kappa shape index (κ3) is 6.96. The van der Waals surface area contributed by atoms with Gasteiger partial charge >= 0.3 is 0 Å². The average molecular weight is 413 g/mol. The number of anilines is 1. The van der Waals surface area contributed by atoms with Crippen LogP contribution in [0.3, 0.4) is 0 Å². The molecule has 2 N–H and O–H groups in total. The molecule has 164 valence electrons. The van der Waals surface area contributed by atoms with Crippen LogP contribution < -0.4 is 10.6 Å². The third-order valence-corrected chi connectivity index (χ3v) is 6.10. The van der Waals surface area contributed by atoms with Gasteiger partial charge in [-0.3, -0.25) is 19.4 Å². The summed E-state index contributed by atoms with van der Waals surface area (Å²) >= 11 is 0. The predicted octanol–water partition coefficient (Wildman–Crippen LogP) is 2.87. The Bertz CT molecular complexity index is 746. The van der Waals surface area contributed by atoms with E-state index in [1.165, 1.54) is 31.3 Å². The molecule has 1 aromatic rings. The molecule has 0 spiro atoms. The smallest absolute Gasteiger partial charge is 0.238 e. The highest BCUT2D eigenvalue weighted by Crippen LogP contribution is 2.20. The number of nitrogens with zero attached hydrogens (tertiary/aromatic N) is 2. The van der Waals surface area contributed by atoms with E-state index >= 15 is 0 Å². The highest BCUT2D eigenvalue weighted by molar-refractivity contribution is 5.93. The minimum Gasteiger partial charge on any atom is -0.355 e. The fourth-order valence-electron chi connectivity index (χ4n) is 4.25. The van der Waals surface area contributed by atoms with Gasteiger partial charge in [-0.05, 0) is 57.1 Å². The van der Waals surface area contributed by atoms with Gasteiger partial charge in [0.25, 0.3) is 0 Å². The summed E-state index contributed by atoms with van der Waals surface area (Å²) < 4.78 is 0. The molecule has 1 aliphatic carbocycles. The summed E-state index contributed by atoms with van der Waals surface area (Å²) in [4.78, 5) is 29.0. The summed E-state index contributed by atoms with van der Waals surface area (Å²) in [6.45, 7) is 8.84. The minimum atomic E-state index is 0.0237. The molecule has 1 fully saturated rings. The number of hydrogen-bond donors (Lipinski definition) is 2. The molecule has 0 aromatic heterocycles. The van der Waals surface area contributed by atoms with Crippen LogP contribution in [-0.4, -0.2) is 67.4 Å². The monoisotopic (exact) mass is 412 g/mol. The lowest BCUT2D eigenvalue weighted by Crippen LogP contribution is -2.51. The largest absolute Gasteiger partial charge is 0.355 e. The van der Waals surface area contributed by atoms with Crippen LogP contribution >= 0.6 is 0 Å². The lowest BCUT2D eigenvalue weighted by Gasteiger charge is -2.33. The fourth-order valence-corrected chi connectivity index (χ4v) is 4.25. The van der Waals surface area contributed by atoms with Gasteiger partial charge in [0.1, 0.15) is 0 Å². The zero-order valence-corrected chi connectivity index (χ0v) is 18.5. The number of allylic oxidation sites excluding steroid dienone is 1. The molecule has 30 heavy (non-hydrogen) atoms. The Kier molecular flexibility index (Phi) is 8.46. The average Bonchev–Trinajstić information content (AvgIpc) is 2.73. The van der Waals surface area contributed by atoms with Crippen molar-refractivity contribution in [1.82, 2.24) is 15.1 Å². The quantitative estimate of drug-likeness (QED) is 0.645. The second-order valence-electron chi connectivity index (χ2n) is 8.58. The Hall–Kier alpha value is -2.18. The van der Waals surface area contributed by atoms with E-state index in [9.17, 15) is 9.59 Å². The van der Waals surface area contributed by atoms with Crippen LogP contribution in [0.15, 0.2) is 29.8 Å². The summed E-state index contributed by atoms with van der Waals surface area (Å²) in [6.07, 6.45) is 8.28. The van der Waals surface area contributed by atoms with Crippen LogP contribution in [0.5, 0.6) is 0 Å². The molecular formula is C24H36N4O2. The minimum absolute atomic E-state index is 0.0237. The number of carbonyl (C=O) groups excluding carboxylic acids is 2. The van der Waals surface area contributed by atoms with Gasteiger partial charge in [-0.2, -0.15) is 0 Å². The van der Waals surface area contributed by atoms with E-state index in [0.29, 0.717) is 13.1 Å². The number of para-hydroxylation sites is 1. The first-order valence-electron chi connectivity index (χ1n) is 11.3. The van der Waals surface area contributed by atoms with Crippen molar-refractivity contribution in [2.45, 2.75) is 46.0 Å². The standard InChI is InChI=1S/C24H36N4O2/c1-19-7-6-8-20(2)24(19)26-23(30)18-28-15-13-27(14-16-28)17-22(29)25-12-11-21-9-4-3-5-10-21/h6-9H,3-5,10-18H2,1-2H3,(H,25,29)(H,26,30). The van der Waals surface area contributed by atoms with Crippen LogP contribution in [0.4, 0.5) is 5.69 Å². The number of nitrogens with one attached hydrogen (secondary N) is 2. The van der Waals surface area contributed by atoms with Gasteiger partial charge in [0, 0.05) is 38.4 Å². The molecule has 1 aromatic carbocycles. The Morgan fingerprint density at radius 3 is 2.17 bits per heavy atom. The Morgan fingerprint density at radius 2 is 1.57 bits per heavy atom. The van der Waals surface area contributed by atoms with Crippen LogP contribution in [0.25, 0.3) is 0 Å². The summed E-state index contributed by atoms with van der Waals surface area (Å²) in [5.74, 6) is 0.128. The molecule has 2 aliphatic rings. The summed E-state index contributed by atoms with van der Waals surface area (Å²) in [5, 5.41) is 6.12. The van der Waals surface area contributed by atoms with Crippen LogP contribution in [0.2, 0.25) is 0 Å². The molecule has 2 amide bonds. The first kappa shape index (κ1) is 22.5. The number of hydrogen-bond acceptors (Lipinski definition) is 4. The van der Waals surface area contributed by atoms with E-state index < -0.39 is 0 Å². The van der Waals surface area contributed by atoms with Crippen molar-refractivity contribution < 1.29 is 9.59 Å². The molecule has 0 radical (unpaired) electrons. The Morgan fingerprint density at radius 1 is 0.933 bits per heavy atom. The number of rotatable bonds is 8. The van der Waals surface area contributed by atoms with E-state index in [-0.39, 0.29) is 11.8 Å². The normalized spacial score (nSPS) is 18.0. The zero-order valence-electron chi connectivity index (χ0n) is 18.5. The number of aryl methyl sites for hydroxylation is 2. The second kappa shape index (κ2) is 11.3. The van der Waals surface area contributed by atoms with Gasteiger partial charge in [-0.25, -0.2) is 0 Å². The number of benzene rings is 1. The molecular weight excluding hydrogens is 376 g/mol. The first-order valence-corrected chi connectivity index (χ1v) is 11.3. The maximum absolute atomic E-state index is 12.5. The van der Waals surface area contributed by atoms with Gasteiger partial charge < -0.3 is 10.6 Å². The number of amides is 2. The van der Waals surface area contributed by atoms with Crippen molar-refractivity contribution >= 4 is 17.5 Å². The molecule has 0 unspecified atom stereocenters. The van der Waals surface area contributed by atoms with Crippen molar-refractivity contribution in [2.75, 3.05) is 51.1 Å². The maximum atomic E-state index is 12.5. The van der Waals surface area contributed by atoms with Crippen LogP contribution in [0.1, 0.15) is 43.2 Å². The molecule has 1 heterocycles. The van der Waals surface area contributed by atoms with Gasteiger partial charge in [-0.15, -0.1) is 0 Å². The Labute approximate surface area is 180 Å². The van der Waals surface area contributed by atoms with Crippen molar-refractivity contribution in [1.29, 1.82) is 0 Å². The molecule has 3 rings (SSSR count). The molecule has 0 atom stereocenters. The zero-order chi connectivity index (χ0) is 21.3. The fraction of sp³-hybridized carbons (Fsp3) is 0.583. The van der Waals surface area contributed by atoms with Gasteiger partial charge in [-0.1, -0.05) is 29.8 Å². The van der Waals surface area contributed by atoms with Crippen molar-refractivity contribution in [3.8, 4) is 0 Å². The van der Waals surface area contributed by atoms with E-state index in [1.807, 2.05) is 32.0 Å². The van der Waals surface area contributed by atoms with E-state index in [4.69, 9.17) is 0 Å². The van der Waals surface area contributed by atoms with E-state index in [2.05, 4.69) is 26.5 Å². The first-order chi connectivity index (χ1) is 14.5. The molecule has 0 saturated carbocycles. The summed E-state index contributed by atoms with van der Waals surface area (Å²) in [5.41, 5.74) is 4.58. The van der Waals surface area contributed by atoms with Crippen molar-refractivity contribution in [3.63, 3.8) is 0 Å². The Balaban J connectivity index is 1.32. The SMILES string of the molecule is Cc1cccc(C)c1NC(=O)CN1CCN(CC(=O)NCCC2=CCCCC2)CC1. The molecule has 1 aliphatic heterocycles. The van der Waals surface area contributed by atoms with E-state index in [0.717, 1.165) is 56.0 Å². The van der Waals surface area contributed by atoms with Crippen LogP contribution in [0, 0.1) is 13.8 Å². The highest BCUT2D eigenvalue weighted by atomic mass is 16.2. The summed E-state index contributed by atoms with van der Waals surface area (Å²) in [7, 11) is 0. The van der Waals surface area contributed by atoms with Crippen molar-refractivity contribution in [2.24, 2.45) is 0 Å². The van der Waals surface area contributed by atoms with Crippen molar-refractivity contribution in [3.05, 3.63) is 41.0 Å². The lowest BCUT2D eigenvalue weighted by atomic mass is 9.97. The predicted molar refractivity (Wildman–Crippen MR) is 122 cm³/mol. The summed E-state index contributed by atoms with van der Waals surface area (Å²) in [6, 6.07) is 6.03. The second-order valence-corrected chi connectivity index (χ2v) is 8.58. The lowest BCUT2D eigenvalue weighted by molar-refractivity contribution is -0.123. The molecule has 1 saturated heterocycles. The van der Waals surface area contributed by atoms with Gasteiger partial charge in [0.15, 0.2) is 0 Å². The highest BCUT2D eigenvalue weighted by Gasteiger charge is 2.21. The van der Waals surface area contributed by atoms with E-state index in [1.54, 1.807) is 0 Å². The third-order valence-electron chi connectivity index (χ3n) is 6.10. The van der Waals surface area contributed by atoms with Gasteiger partial charge in [0.05, 0.1) is 13.1 Å². The van der Waals surface area contributed by atoms with Crippen LogP contribution in [-0.2, 0) is 9.59 Å². The molecule has 0 bridgehead atoms.